The molecule has 0 aromatic heterocycles. The molecule has 2 aromatic carbocycles. The molecule has 21 heavy (non-hydrogen) atoms. The normalized spacial score (nSPS) is 11.2. The van der Waals surface area contributed by atoms with Gasteiger partial charge in [0.05, 0.1) is 28.5 Å². The van der Waals surface area contributed by atoms with Crippen LogP contribution in [-0.2, 0) is 10.0 Å². The Morgan fingerprint density at radius 3 is 2.48 bits per heavy atom. The first-order chi connectivity index (χ1) is 9.86. The molecule has 8 heteroatoms. The van der Waals surface area contributed by atoms with Crippen molar-refractivity contribution in [2.45, 2.75) is 4.90 Å². The quantitative estimate of drug-likeness (QED) is 0.831. The third-order valence-electron chi connectivity index (χ3n) is 2.73. The van der Waals surface area contributed by atoms with Gasteiger partial charge in [-0.3, -0.25) is 4.72 Å². The fraction of sp³-hybridized carbons (Fsp3) is 0.0769. The molecular formula is C13H12Cl2N2O3S. The average Bonchev–Trinajstić information content (AvgIpc) is 2.44. The maximum absolute atomic E-state index is 12.4. The Kier molecular flexibility index (Phi) is 4.51. The van der Waals surface area contributed by atoms with Crippen molar-refractivity contribution in [3.05, 3.63) is 46.4 Å². The van der Waals surface area contributed by atoms with E-state index >= 15 is 0 Å². The first kappa shape index (κ1) is 15.8. The van der Waals surface area contributed by atoms with Gasteiger partial charge in [-0.1, -0.05) is 35.3 Å². The molecule has 0 aliphatic heterocycles. The van der Waals surface area contributed by atoms with Crippen LogP contribution in [0.1, 0.15) is 0 Å². The van der Waals surface area contributed by atoms with Crippen molar-refractivity contribution >= 4 is 44.6 Å². The van der Waals surface area contributed by atoms with Crippen LogP contribution < -0.4 is 15.2 Å². The molecule has 5 nitrogen and oxygen atoms in total. The van der Waals surface area contributed by atoms with Crippen molar-refractivity contribution in [3.8, 4) is 5.75 Å². The molecule has 0 fully saturated rings. The minimum absolute atomic E-state index is 0.0150. The molecule has 0 aliphatic rings. The largest absolute Gasteiger partial charge is 0.495 e. The third kappa shape index (κ3) is 3.18. The van der Waals surface area contributed by atoms with E-state index in [9.17, 15) is 8.42 Å². The Bertz CT molecular complexity index is 779. The molecule has 0 atom stereocenters. The van der Waals surface area contributed by atoms with E-state index in [1.807, 2.05) is 0 Å². The van der Waals surface area contributed by atoms with Crippen LogP contribution >= 0.6 is 23.2 Å². The van der Waals surface area contributed by atoms with Crippen LogP contribution in [0.15, 0.2) is 41.3 Å². The van der Waals surface area contributed by atoms with Gasteiger partial charge in [0, 0.05) is 0 Å². The molecule has 112 valence electrons. The van der Waals surface area contributed by atoms with Crippen LogP contribution in [0.4, 0.5) is 11.4 Å². The van der Waals surface area contributed by atoms with E-state index in [-0.39, 0.29) is 20.6 Å². The zero-order valence-corrected chi connectivity index (χ0v) is 13.3. The summed E-state index contributed by atoms with van der Waals surface area (Å²) in [4.78, 5) is -0.156. The number of ether oxygens (including phenoxy) is 1. The van der Waals surface area contributed by atoms with E-state index in [1.165, 1.54) is 19.2 Å². The minimum atomic E-state index is -3.92. The summed E-state index contributed by atoms with van der Waals surface area (Å²) in [5.74, 6) is 0.388. The fourth-order valence-corrected chi connectivity index (χ4v) is 3.52. The van der Waals surface area contributed by atoms with Gasteiger partial charge < -0.3 is 10.5 Å². The van der Waals surface area contributed by atoms with Crippen molar-refractivity contribution in [2.75, 3.05) is 17.6 Å². The summed E-state index contributed by atoms with van der Waals surface area (Å²) in [5.41, 5.74) is 5.96. The molecule has 0 saturated heterocycles. The Balaban J connectivity index is 2.46. The summed E-state index contributed by atoms with van der Waals surface area (Å²) in [7, 11) is -2.47. The molecular weight excluding hydrogens is 335 g/mol. The standard InChI is InChI=1S/C13H12Cl2N2O3S/c1-20-10-5-3-2-4-9(10)17-21(18,19)11-7-6-8(14)13(16)12(11)15/h2-7,17H,16H2,1H3. The lowest BCUT2D eigenvalue weighted by molar-refractivity contribution is 0.417. The summed E-state index contributed by atoms with van der Waals surface area (Å²) >= 11 is 11.8. The van der Waals surface area contributed by atoms with E-state index in [4.69, 9.17) is 33.7 Å². The molecule has 2 aromatic rings. The highest BCUT2D eigenvalue weighted by Gasteiger charge is 2.22. The molecule has 0 unspecified atom stereocenters. The molecule has 0 bridgehead atoms. The summed E-state index contributed by atoms with van der Waals surface area (Å²) in [6.45, 7) is 0. The van der Waals surface area contributed by atoms with E-state index in [2.05, 4.69) is 4.72 Å². The van der Waals surface area contributed by atoms with E-state index in [1.54, 1.807) is 24.3 Å². The SMILES string of the molecule is COc1ccccc1NS(=O)(=O)c1ccc(Cl)c(N)c1Cl. The Labute approximate surface area is 132 Å². The molecule has 0 radical (unpaired) electrons. The number of nitrogen functional groups attached to an aromatic ring is 1. The number of nitrogens with one attached hydrogen (secondary N) is 1. The van der Waals surface area contributed by atoms with Crippen LogP contribution in [0, 0.1) is 0 Å². The Hall–Kier alpha value is -1.63. The summed E-state index contributed by atoms with van der Waals surface area (Å²) in [6, 6.07) is 9.28. The average molecular weight is 347 g/mol. The number of sulfonamides is 1. The van der Waals surface area contributed by atoms with E-state index in [0.29, 0.717) is 11.4 Å². The lowest BCUT2D eigenvalue weighted by Crippen LogP contribution is -2.14. The topological polar surface area (TPSA) is 81.4 Å². The highest BCUT2D eigenvalue weighted by Crippen LogP contribution is 2.35. The van der Waals surface area contributed by atoms with Gasteiger partial charge in [0.15, 0.2) is 0 Å². The van der Waals surface area contributed by atoms with Crippen LogP contribution in [0.25, 0.3) is 0 Å². The van der Waals surface area contributed by atoms with Crippen LogP contribution in [0.2, 0.25) is 10.0 Å². The first-order valence-electron chi connectivity index (χ1n) is 5.76. The molecule has 0 amide bonds. The van der Waals surface area contributed by atoms with Gasteiger partial charge in [-0.15, -0.1) is 0 Å². The number of para-hydroxylation sites is 2. The maximum Gasteiger partial charge on any atom is 0.263 e. The third-order valence-corrected chi connectivity index (χ3v) is 4.99. The Morgan fingerprint density at radius 2 is 1.81 bits per heavy atom. The van der Waals surface area contributed by atoms with Gasteiger partial charge in [-0.2, -0.15) is 0 Å². The second kappa shape index (κ2) is 6.01. The van der Waals surface area contributed by atoms with Gasteiger partial charge >= 0.3 is 0 Å². The summed E-state index contributed by atoms with van der Waals surface area (Å²) in [6.07, 6.45) is 0. The minimum Gasteiger partial charge on any atom is -0.495 e. The number of benzene rings is 2. The molecule has 0 aliphatic carbocycles. The number of rotatable bonds is 4. The predicted octanol–water partition coefficient (Wildman–Crippen LogP) is 3.39. The second-order valence-electron chi connectivity index (χ2n) is 4.08. The lowest BCUT2D eigenvalue weighted by Gasteiger charge is -2.13. The zero-order valence-electron chi connectivity index (χ0n) is 10.9. The lowest BCUT2D eigenvalue weighted by atomic mass is 10.3. The maximum atomic E-state index is 12.4. The molecule has 3 N–H and O–H groups in total. The predicted molar refractivity (Wildman–Crippen MR) is 84.7 cm³/mol. The van der Waals surface area contributed by atoms with Crippen molar-refractivity contribution in [1.82, 2.24) is 0 Å². The van der Waals surface area contributed by atoms with E-state index < -0.39 is 10.0 Å². The molecule has 0 spiro atoms. The van der Waals surface area contributed by atoms with Gasteiger partial charge in [0.25, 0.3) is 10.0 Å². The monoisotopic (exact) mass is 346 g/mol. The summed E-state index contributed by atoms with van der Waals surface area (Å²) in [5, 5.41) is 0.0705. The van der Waals surface area contributed by atoms with Gasteiger partial charge in [0.1, 0.15) is 10.6 Å². The van der Waals surface area contributed by atoms with Gasteiger partial charge in [-0.25, -0.2) is 8.42 Å². The molecule has 0 heterocycles. The smallest absolute Gasteiger partial charge is 0.263 e. The van der Waals surface area contributed by atoms with Gasteiger partial charge in [0.2, 0.25) is 0 Å². The van der Waals surface area contributed by atoms with Crippen LogP contribution in [0.5, 0.6) is 5.75 Å². The Morgan fingerprint density at radius 1 is 1.14 bits per heavy atom. The second-order valence-corrected chi connectivity index (χ2v) is 6.51. The number of hydrogen-bond acceptors (Lipinski definition) is 4. The van der Waals surface area contributed by atoms with Crippen LogP contribution in [-0.4, -0.2) is 15.5 Å². The number of anilines is 2. The van der Waals surface area contributed by atoms with Crippen molar-refractivity contribution in [2.24, 2.45) is 0 Å². The van der Waals surface area contributed by atoms with E-state index in [0.717, 1.165) is 0 Å². The summed E-state index contributed by atoms with van der Waals surface area (Å²) < 4.78 is 32.3. The molecule has 2 rings (SSSR count). The fourth-order valence-electron chi connectivity index (χ4n) is 1.69. The first-order valence-corrected chi connectivity index (χ1v) is 8.00. The number of hydrogen-bond donors (Lipinski definition) is 2. The number of methoxy groups -OCH3 is 1. The van der Waals surface area contributed by atoms with Crippen molar-refractivity contribution in [3.63, 3.8) is 0 Å². The highest BCUT2D eigenvalue weighted by atomic mass is 35.5. The van der Waals surface area contributed by atoms with Crippen molar-refractivity contribution in [1.29, 1.82) is 0 Å². The zero-order chi connectivity index (χ0) is 15.6. The van der Waals surface area contributed by atoms with Crippen molar-refractivity contribution < 1.29 is 13.2 Å². The highest BCUT2D eigenvalue weighted by molar-refractivity contribution is 7.92. The number of halogens is 2. The number of nitrogens with two attached hydrogens (primary N) is 1. The molecule has 0 saturated carbocycles. The van der Waals surface area contributed by atoms with Crippen LogP contribution in [0.3, 0.4) is 0 Å². The van der Waals surface area contributed by atoms with Gasteiger partial charge in [-0.05, 0) is 24.3 Å².